The highest BCUT2D eigenvalue weighted by atomic mass is 35.5. The lowest BCUT2D eigenvalue weighted by atomic mass is 9.94. The molecule has 3 aromatic carbocycles. The maximum Gasteiger partial charge on any atom is 0.319 e. The van der Waals surface area contributed by atoms with Gasteiger partial charge in [0.1, 0.15) is 17.1 Å². The highest BCUT2D eigenvalue weighted by Crippen LogP contribution is 2.43. The Morgan fingerprint density at radius 2 is 1.82 bits per heavy atom. The van der Waals surface area contributed by atoms with Gasteiger partial charge < -0.3 is 25.0 Å². The first-order valence-electron chi connectivity index (χ1n) is 13.8. The molecule has 2 N–H and O–H groups in total. The number of rotatable bonds is 7. The van der Waals surface area contributed by atoms with Gasteiger partial charge in [0.25, 0.3) is 0 Å². The maximum absolute atomic E-state index is 16.7. The van der Waals surface area contributed by atoms with Gasteiger partial charge in [0.05, 0.1) is 11.6 Å². The molecule has 0 spiro atoms. The van der Waals surface area contributed by atoms with Gasteiger partial charge in [0.15, 0.2) is 5.82 Å². The molecule has 0 radical (unpaired) electrons. The number of nitrogens with one attached hydrogen (secondary N) is 1. The van der Waals surface area contributed by atoms with Crippen molar-refractivity contribution in [3.8, 4) is 22.9 Å². The van der Waals surface area contributed by atoms with Crippen LogP contribution in [0.25, 0.3) is 32.8 Å². The van der Waals surface area contributed by atoms with E-state index < -0.39 is 5.82 Å². The van der Waals surface area contributed by atoms with Crippen LogP contribution in [-0.4, -0.2) is 72.4 Å². The third-order valence-electron chi connectivity index (χ3n) is 7.81. The number of halogens is 2. The van der Waals surface area contributed by atoms with Crippen molar-refractivity contribution >= 4 is 39.1 Å². The normalized spacial score (nSPS) is 19.2. The van der Waals surface area contributed by atoms with Crippen LogP contribution in [0.3, 0.4) is 0 Å². The first-order valence-corrected chi connectivity index (χ1v) is 14.2. The second-order valence-corrected chi connectivity index (χ2v) is 12.6. The molecule has 2 atom stereocenters. The van der Waals surface area contributed by atoms with E-state index in [2.05, 4.69) is 33.9 Å². The quantitative estimate of drug-likeness (QED) is 0.292. The Hall–Kier alpha value is -3.20. The monoisotopic (exact) mass is 563 g/mol. The van der Waals surface area contributed by atoms with Crippen molar-refractivity contribution in [1.29, 1.82) is 0 Å². The molecular weight excluding hydrogens is 529 g/mol. The first kappa shape index (κ1) is 27.0. The summed E-state index contributed by atoms with van der Waals surface area (Å²) in [6, 6.07) is 13.4. The molecule has 0 unspecified atom stereocenters. The Kier molecular flexibility index (Phi) is 6.97. The van der Waals surface area contributed by atoms with Gasteiger partial charge in [-0.15, -0.1) is 0 Å². The molecule has 2 bridgehead atoms. The van der Waals surface area contributed by atoms with Crippen LogP contribution in [0, 0.1) is 11.2 Å². The zero-order chi connectivity index (χ0) is 28.2. The second kappa shape index (κ2) is 10.3. The zero-order valence-electron chi connectivity index (χ0n) is 23.3. The van der Waals surface area contributed by atoms with Crippen molar-refractivity contribution in [2.45, 2.75) is 38.8 Å². The zero-order valence-corrected chi connectivity index (χ0v) is 24.1. The van der Waals surface area contributed by atoms with Crippen LogP contribution in [0.5, 0.6) is 11.8 Å². The molecule has 2 aliphatic heterocycles. The number of aromatic nitrogens is 2. The van der Waals surface area contributed by atoms with Gasteiger partial charge in [0, 0.05) is 48.1 Å². The number of hydrogen-bond acceptors (Lipinski definition) is 7. The Morgan fingerprint density at radius 3 is 2.55 bits per heavy atom. The minimum Gasteiger partial charge on any atom is -0.508 e. The Morgan fingerprint density at radius 1 is 1.10 bits per heavy atom. The Balaban J connectivity index is 1.51. The van der Waals surface area contributed by atoms with Gasteiger partial charge in [-0.25, -0.2) is 4.39 Å². The molecule has 40 heavy (non-hydrogen) atoms. The molecule has 0 saturated carbocycles. The summed E-state index contributed by atoms with van der Waals surface area (Å²) < 4.78 is 22.8. The van der Waals surface area contributed by atoms with Crippen LogP contribution < -0.4 is 15.0 Å². The van der Waals surface area contributed by atoms with E-state index in [0.717, 1.165) is 43.2 Å². The summed E-state index contributed by atoms with van der Waals surface area (Å²) in [6.07, 6.45) is 2.21. The van der Waals surface area contributed by atoms with Gasteiger partial charge in [-0.05, 0) is 61.5 Å². The first-order chi connectivity index (χ1) is 19.1. The molecule has 3 heterocycles. The molecule has 9 heteroatoms. The maximum atomic E-state index is 16.7. The molecule has 0 amide bonds. The lowest BCUT2D eigenvalue weighted by Gasteiger charge is -2.34. The number of benzene rings is 3. The van der Waals surface area contributed by atoms with Crippen molar-refractivity contribution < 1.29 is 14.2 Å². The van der Waals surface area contributed by atoms with Gasteiger partial charge in [-0.2, -0.15) is 9.97 Å². The van der Waals surface area contributed by atoms with E-state index in [1.807, 2.05) is 38.4 Å². The largest absolute Gasteiger partial charge is 0.508 e. The number of piperazine rings is 1. The Labute approximate surface area is 238 Å². The number of nitrogens with zero attached hydrogens (tertiary/aromatic N) is 4. The third-order valence-corrected chi connectivity index (χ3v) is 8.11. The van der Waals surface area contributed by atoms with Gasteiger partial charge >= 0.3 is 6.01 Å². The highest BCUT2D eigenvalue weighted by molar-refractivity contribution is 6.35. The molecule has 7 nitrogen and oxygen atoms in total. The predicted molar refractivity (Wildman–Crippen MR) is 159 cm³/mol. The lowest BCUT2D eigenvalue weighted by Crippen LogP contribution is -2.51. The molecular formula is C31H35ClFN5O2. The van der Waals surface area contributed by atoms with Crippen LogP contribution in [0.1, 0.15) is 26.7 Å². The number of hydrogen-bond donors (Lipinski definition) is 2. The molecule has 210 valence electrons. The summed E-state index contributed by atoms with van der Waals surface area (Å²) >= 11 is 6.84. The van der Waals surface area contributed by atoms with Gasteiger partial charge in [-0.3, -0.25) is 0 Å². The van der Waals surface area contributed by atoms with E-state index in [0.29, 0.717) is 35.5 Å². The summed E-state index contributed by atoms with van der Waals surface area (Å²) in [5.74, 6) is 0.116. The SMILES string of the molecule is CN(C)CC(C)(C)COc1nc(N2C[C@H]3CC[C@@H](C2)N3)c2cc(Cl)c(-c3cc(O)cc4ccccc34)c(F)c2n1. The van der Waals surface area contributed by atoms with Crippen LogP contribution in [0.15, 0.2) is 42.5 Å². The molecule has 6 rings (SSSR count). The fraction of sp³-hybridized carbons (Fsp3) is 0.419. The summed E-state index contributed by atoms with van der Waals surface area (Å²) in [5, 5.41) is 16.5. The molecule has 0 aliphatic carbocycles. The number of aromatic hydroxyl groups is 1. The van der Waals surface area contributed by atoms with Crippen LogP contribution in [0.4, 0.5) is 10.2 Å². The average Bonchev–Trinajstić information content (AvgIpc) is 3.23. The van der Waals surface area contributed by atoms with Gasteiger partial charge in [0.2, 0.25) is 0 Å². The van der Waals surface area contributed by atoms with Gasteiger partial charge in [-0.1, -0.05) is 49.7 Å². The van der Waals surface area contributed by atoms with Crippen molar-refractivity contribution in [3.63, 3.8) is 0 Å². The average molecular weight is 564 g/mol. The molecule has 2 saturated heterocycles. The molecule has 4 aromatic rings. The second-order valence-electron chi connectivity index (χ2n) is 12.2. The standard InChI is InChI=1S/C31H35ClFN5O2/c1-31(2,16-37(3)4)17-40-30-35-28-24(29(36-30)38-14-19-9-10-20(15-38)34-19)13-25(32)26(27(28)33)23-12-21(39)11-18-7-5-6-8-22(18)23/h5-8,11-13,19-20,34,39H,9-10,14-17H2,1-4H3/t19-,20+. The number of phenolic OH excluding ortho intramolecular Hbond substituents is 1. The van der Waals surface area contributed by atoms with Crippen molar-refractivity contribution in [3.05, 3.63) is 53.3 Å². The van der Waals surface area contributed by atoms with E-state index in [9.17, 15) is 5.11 Å². The number of ether oxygens (including phenoxy) is 1. The van der Waals surface area contributed by atoms with Crippen molar-refractivity contribution in [2.24, 2.45) is 5.41 Å². The summed E-state index contributed by atoms with van der Waals surface area (Å²) in [6.45, 7) is 6.97. The summed E-state index contributed by atoms with van der Waals surface area (Å²) in [7, 11) is 4.05. The summed E-state index contributed by atoms with van der Waals surface area (Å²) in [5.41, 5.74) is 0.698. The molecule has 1 aromatic heterocycles. The molecule has 2 aliphatic rings. The summed E-state index contributed by atoms with van der Waals surface area (Å²) in [4.78, 5) is 13.8. The van der Waals surface area contributed by atoms with Crippen LogP contribution in [0.2, 0.25) is 5.02 Å². The van der Waals surface area contributed by atoms with E-state index in [-0.39, 0.29) is 33.3 Å². The Bertz CT molecular complexity index is 1580. The minimum absolute atomic E-state index is 0.0380. The number of phenols is 1. The van der Waals surface area contributed by atoms with Crippen molar-refractivity contribution in [1.82, 2.24) is 20.2 Å². The number of fused-ring (bicyclic) bond motifs is 4. The fourth-order valence-electron chi connectivity index (χ4n) is 6.35. The molecule has 2 fully saturated rings. The fourth-order valence-corrected chi connectivity index (χ4v) is 6.64. The minimum atomic E-state index is -0.558. The third kappa shape index (κ3) is 5.16. The highest BCUT2D eigenvalue weighted by Gasteiger charge is 2.34. The lowest BCUT2D eigenvalue weighted by molar-refractivity contribution is 0.133. The van der Waals surface area contributed by atoms with Crippen LogP contribution >= 0.6 is 11.6 Å². The smallest absolute Gasteiger partial charge is 0.319 e. The van der Waals surface area contributed by atoms with E-state index >= 15 is 4.39 Å². The van der Waals surface area contributed by atoms with E-state index in [4.69, 9.17) is 21.3 Å². The van der Waals surface area contributed by atoms with E-state index in [1.165, 1.54) is 0 Å². The predicted octanol–water partition coefficient (Wildman–Crippen LogP) is 5.86. The van der Waals surface area contributed by atoms with Crippen LogP contribution in [-0.2, 0) is 0 Å². The van der Waals surface area contributed by atoms with Crippen molar-refractivity contribution in [2.75, 3.05) is 45.2 Å². The van der Waals surface area contributed by atoms with E-state index in [1.54, 1.807) is 18.2 Å². The number of anilines is 1. The topological polar surface area (TPSA) is 73.8 Å².